The Balaban J connectivity index is 2.23. The molecular formula is C17H36N4O2S. The van der Waals surface area contributed by atoms with Gasteiger partial charge in [0.1, 0.15) is 0 Å². The molecule has 0 saturated heterocycles. The minimum absolute atomic E-state index is 0.151. The molecule has 0 unspecified atom stereocenters. The summed E-state index contributed by atoms with van der Waals surface area (Å²) < 4.78 is 24.8. The molecule has 1 aliphatic carbocycles. The van der Waals surface area contributed by atoms with Gasteiger partial charge in [-0.05, 0) is 39.0 Å². The van der Waals surface area contributed by atoms with Crippen molar-refractivity contribution >= 4 is 16.0 Å². The fourth-order valence-electron chi connectivity index (χ4n) is 3.08. The van der Waals surface area contributed by atoms with Gasteiger partial charge in [-0.15, -0.1) is 0 Å². The molecule has 0 atom stereocenters. The second kappa shape index (κ2) is 11.7. The Morgan fingerprint density at radius 2 is 1.88 bits per heavy atom. The first-order chi connectivity index (χ1) is 11.5. The highest BCUT2D eigenvalue weighted by Crippen LogP contribution is 2.28. The van der Waals surface area contributed by atoms with Crippen LogP contribution in [0.3, 0.4) is 0 Å². The summed E-state index contributed by atoms with van der Waals surface area (Å²) in [6, 6.07) is 0. The third-order valence-electron chi connectivity index (χ3n) is 4.64. The van der Waals surface area contributed by atoms with Gasteiger partial charge in [0.25, 0.3) is 0 Å². The molecule has 0 aliphatic heterocycles. The number of aliphatic imine (C=N–C) groups is 1. The lowest BCUT2D eigenvalue weighted by molar-refractivity contribution is 0.464. The van der Waals surface area contributed by atoms with E-state index in [9.17, 15) is 8.42 Å². The normalized spacial score (nSPS) is 16.8. The van der Waals surface area contributed by atoms with Crippen molar-refractivity contribution in [2.24, 2.45) is 10.9 Å². The molecule has 0 aromatic heterocycles. The van der Waals surface area contributed by atoms with Crippen LogP contribution >= 0.6 is 0 Å². The smallest absolute Gasteiger partial charge is 0.213 e. The molecular weight excluding hydrogens is 324 g/mol. The van der Waals surface area contributed by atoms with Crippen molar-refractivity contribution in [2.75, 3.05) is 39.0 Å². The quantitative estimate of drug-likeness (QED) is 0.336. The van der Waals surface area contributed by atoms with Gasteiger partial charge in [0.05, 0.1) is 5.75 Å². The average molecular weight is 361 g/mol. The summed E-state index contributed by atoms with van der Waals surface area (Å²) in [6.07, 6.45) is 8.85. The van der Waals surface area contributed by atoms with E-state index in [-0.39, 0.29) is 5.75 Å². The molecule has 0 heterocycles. The van der Waals surface area contributed by atoms with Gasteiger partial charge in [0.15, 0.2) is 5.96 Å². The average Bonchev–Trinajstić information content (AvgIpc) is 3.08. The maximum absolute atomic E-state index is 11.7. The molecule has 1 aliphatic rings. The molecule has 0 amide bonds. The Kier molecular flexibility index (Phi) is 10.3. The van der Waals surface area contributed by atoms with Crippen molar-refractivity contribution in [1.82, 2.24) is 14.9 Å². The zero-order chi connectivity index (χ0) is 17.8. The zero-order valence-corrected chi connectivity index (χ0v) is 16.5. The lowest BCUT2D eigenvalue weighted by Gasteiger charge is -2.15. The number of hydrogen-bond donors (Lipinski definition) is 2. The van der Waals surface area contributed by atoms with E-state index in [1.807, 2.05) is 0 Å². The van der Waals surface area contributed by atoms with Crippen molar-refractivity contribution in [1.29, 1.82) is 0 Å². The molecule has 0 spiro atoms. The van der Waals surface area contributed by atoms with Crippen LogP contribution in [0, 0.1) is 5.92 Å². The van der Waals surface area contributed by atoms with Gasteiger partial charge in [0.2, 0.25) is 10.0 Å². The summed E-state index contributed by atoms with van der Waals surface area (Å²) in [4.78, 5) is 4.54. The van der Waals surface area contributed by atoms with Gasteiger partial charge in [0, 0.05) is 33.2 Å². The van der Waals surface area contributed by atoms with E-state index < -0.39 is 10.0 Å². The summed E-state index contributed by atoms with van der Waals surface area (Å²) in [5.74, 6) is 1.92. The topological polar surface area (TPSA) is 73.8 Å². The second-order valence-corrected chi connectivity index (χ2v) is 8.92. The van der Waals surface area contributed by atoms with Crippen LogP contribution in [0.4, 0.5) is 0 Å². The first kappa shape index (κ1) is 21.2. The van der Waals surface area contributed by atoms with Gasteiger partial charge in [-0.2, -0.15) is 0 Å². The minimum Gasteiger partial charge on any atom is -0.357 e. The molecule has 0 radical (unpaired) electrons. The van der Waals surface area contributed by atoms with Gasteiger partial charge in [-0.3, -0.25) is 4.99 Å². The fourth-order valence-corrected chi connectivity index (χ4v) is 3.93. The Labute approximate surface area is 148 Å². The molecule has 0 bridgehead atoms. The molecule has 0 aromatic rings. The van der Waals surface area contributed by atoms with E-state index in [0.29, 0.717) is 13.1 Å². The highest BCUT2D eigenvalue weighted by Gasteiger charge is 2.14. The third kappa shape index (κ3) is 8.33. The Hall–Kier alpha value is -0.820. The van der Waals surface area contributed by atoms with Gasteiger partial charge in [-0.25, -0.2) is 12.7 Å². The maximum Gasteiger partial charge on any atom is 0.213 e. The number of rotatable bonds is 11. The van der Waals surface area contributed by atoms with Crippen LogP contribution in [0.5, 0.6) is 0 Å². The summed E-state index contributed by atoms with van der Waals surface area (Å²) in [6.45, 7) is 6.65. The van der Waals surface area contributed by atoms with E-state index >= 15 is 0 Å². The highest BCUT2D eigenvalue weighted by molar-refractivity contribution is 7.89. The summed E-state index contributed by atoms with van der Waals surface area (Å²) in [5.41, 5.74) is 0. The predicted molar refractivity (Wildman–Crippen MR) is 102 cm³/mol. The molecule has 6 nitrogen and oxygen atoms in total. The Morgan fingerprint density at radius 1 is 1.17 bits per heavy atom. The van der Waals surface area contributed by atoms with E-state index in [1.165, 1.54) is 42.8 Å². The number of sulfonamides is 1. The van der Waals surface area contributed by atoms with E-state index in [2.05, 4.69) is 22.5 Å². The maximum atomic E-state index is 11.7. The van der Waals surface area contributed by atoms with Gasteiger partial charge >= 0.3 is 0 Å². The molecule has 7 heteroatoms. The fraction of sp³-hybridized carbons (Fsp3) is 0.941. The number of nitrogens with zero attached hydrogens (tertiary/aromatic N) is 2. The Bertz CT molecular complexity index is 459. The van der Waals surface area contributed by atoms with Crippen LogP contribution in [0.25, 0.3) is 0 Å². The third-order valence-corrected chi connectivity index (χ3v) is 6.50. The predicted octanol–water partition coefficient (Wildman–Crippen LogP) is 2.18. The molecule has 1 fully saturated rings. The molecule has 0 aromatic carbocycles. The summed E-state index contributed by atoms with van der Waals surface area (Å²) in [7, 11) is -1.45. The molecule has 24 heavy (non-hydrogen) atoms. The van der Waals surface area contributed by atoms with Crippen LogP contribution in [-0.4, -0.2) is 57.7 Å². The number of hydrogen-bond acceptors (Lipinski definition) is 3. The van der Waals surface area contributed by atoms with Crippen LogP contribution in [-0.2, 0) is 10.0 Å². The first-order valence-electron chi connectivity index (χ1n) is 9.45. The van der Waals surface area contributed by atoms with E-state index in [1.54, 1.807) is 14.0 Å². The van der Waals surface area contributed by atoms with E-state index in [4.69, 9.17) is 0 Å². The number of guanidine groups is 1. The standard InChI is InChI=1S/C17H36N4O2S/c1-4-18-17(19-13-8-12-16-10-6-7-11-16)20-14-9-15-21(3)24(22,23)5-2/h16H,4-15H2,1-3H3,(H2,18,19,20). The van der Waals surface area contributed by atoms with Crippen LogP contribution in [0.15, 0.2) is 4.99 Å². The lowest BCUT2D eigenvalue weighted by atomic mass is 10.0. The minimum atomic E-state index is -3.08. The van der Waals surface area contributed by atoms with Crippen molar-refractivity contribution in [3.05, 3.63) is 0 Å². The summed E-state index contributed by atoms with van der Waals surface area (Å²) in [5, 5.41) is 6.63. The van der Waals surface area contributed by atoms with Gasteiger partial charge < -0.3 is 10.6 Å². The highest BCUT2D eigenvalue weighted by atomic mass is 32.2. The van der Waals surface area contributed by atoms with Crippen molar-refractivity contribution in [3.63, 3.8) is 0 Å². The molecule has 142 valence electrons. The van der Waals surface area contributed by atoms with Crippen LogP contribution < -0.4 is 10.6 Å². The molecule has 1 saturated carbocycles. The van der Waals surface area contributed by atoms with Crippen LogP contribution in [0.2, 0.25) is 0 Å². The lowest BCUT2D eigenvalue weighted by Crippen LogP contribution is -2.38. The number of nitrogens with one attached hydrogen (secondary N) is 2. The summed E-state index contributed by atoms with van der Waals surface area (Å²) >= 11 is 0. The van der Waals surface area contributed by atoms with Crippen molar-refractivity contribution in [2.45, 2.75) is 58.8 Å². The largest absolute Gasteiger partial charge is 0.357 e. The Morgan fingerprint density at radius 3 is 2.50 bits per heavy atom. The SMILES string of the molecule is CCNC(=NCCCN(C)S(=O)(=O)CC)NCCCC1CCCC1. The van der Waals surface area contributed by atoms with Crippen molar-refractivity contribution < 1.29 is 8.42 Å². The molecule has 2 N–H and O–H groups in total. The zero-order valence-electron chi connectivity index (χ0n) is 15.7. The monoisotopic (exact) mass is 360 g/mol. The van der Waals surface area contributed by atoms with Gasteiger partial charge in [-0.1, -0.05) is 25.7 Å². The molecule has 1 rings (SSSR count). The van der Waals surface area contributed by atoms with Crippen molar-refractivity contribution in [3.8, 4) is 0 Å². The second-order valence-electron chi connectivity index (χ2n) is 6.56. The van der Waals surface area contributed by atoms with Crippen LogP contribution in [0.1, 0.15) is 58.8 Å². The first-order valence-corrected chi connectivity index (χ1v) is 11.1. The van der Waals surface area contributed by atoms with E-state index in [0.717, 1.165) is 31.4 Å².